The van der Waals surface area contributed by atoms with Crippen molar-refractivity contribution < 1.29 is 46.2 Å². The lowest BCUT2D eigenvalue weighted by Crippen LogP contribution is -2.60. The number of hydrogen-bond donors (Lipinski definition) is 3. The van der Waals surface area contributed by atoms with Gasteiger partial charge in [0.05, 0.1) is 29.5 Å². The minimum absolute atomic E-state index is 0.0381. The van der Waals surface area contributed by atoms with Crippen LogP contribution in [0.2, 0.25) is 0 Å². The molecule has 76 heavy (non-hydrogen) atoms. The van der Waals surface area contributed by atoms with Crippen LogP contribution in [0.25, 0.3) is 11.0 Å². The van der Waals surface area contributed by atoms with Gasteiger partial charge in [-0.15, -0.1) is 0 Å². The maximum Gasteiger partial charge on any atom is 0.297 e. The van der Waals surface area contributed by atoms with Crippen molar-refractivity contribution in [3.05, 3.63) is 129 Å². The number of rotatable bonds is 16. The lowest BCUT2D eigenvalue weighted by Gasteiger charge is -2.58. The summed E-state index contributed by atoms with van der Waals surface area (Å²) in [5.74, 6) is -0.966. The van der Waals surface area contributed by atoms with Gasteiger partial charge in [-0.1, -0.05) is 50.2 Å². The fraction of sp³-hybridized carbons (Fsp3) is 0.429. The van der Waals surface area contributed by atoms with Gasteiger partial charge in [-0.3, -0.25) is 24.7 Å². The van der Waals surface area contributed by atoms with E-state index in [0.29, 0.717) is 55.8 Å². The van der Waals surface area contributed by atoms with Crippen LogP contribution in [0.15, 0.2) is 96.2 Å². The number of pyridine rings is 1. The minimum Gasteiger partial charge on any atom is -0.497 e. The maximum absolute atomic E-state index is 16.7. The Bertz CT molecular complexity index is 3240. The molecular formula is C56H63FN8O10S. The van der Waals surface area contributed by atoms with Crippen molar-refractivity contribution in [2.75, 3.05) is 76.6 Å². The quantitative estimate of drug-likeness (QED) is 0.0610. The summed E-state index contributed by atoms with van der Waals surface area (Å²) in [5, 5.41) is 16.3. The molecule has 4 aromatic carbocycles. The summed E-state index contributed by atoms with van der Waals surface area (Å²) in [5.41, 5.74) is 3.86. The summed E-state index contributed by atoms with van der Waals surface area (Å²) < 4.78 is 75.5. The van der Waals surface area contributed by atoms with Crippen LogP contribution in [-0.4, -0.2) is 111 Å². The van der Waals surface area contributed by atoms with E-state index in [2.05, 4.69) is 75.3 Å². The molecule has 3 saturated heterocycles. The number of carbonyl (C=O) groups is 1. The summed E-state index contributed by atoms with van der Waals surface area (Å²) in [6.07, 6.45) is 8.40. The molecule has 1 saturated carbocycles. The summed E-state index contributed by atoms with van der Waals surface area (Å²) in [7, 11) is -3.24. The summed E-state index contributed by atoms with van der Waals surface area (Å²) in [4.78, 5) is 40.0. The second-order valence-electron chi connectivity index (χ2n) is 21.1. The fourth-order valence-electron chi connectivity index (χ4n) is 12.0. The average Bonchev–Trinajstić information content (AvgIpc) is 4.13. The lowest BCUT2D eigenvalue weighted by molar-refractivity contribution is -0.384. The zero-order valence-electron chi connectivity index (χ0n) is 42.9. The van der Waals surface area contributed by atoms with E-state index in [1.807, 2.05) is 21.8 Å². The van der Waals surface area contributed by atoms with Crippen LogP contribution in [0.1, 0.15) is 91.4 Å². The largest absolute Gasteiger partial charge is 0.497 e. The number of piperazine rings is 1. The van der Waals surface area contributed by atoms with Crippen LogP contribution >= 0.6 is 0 Å². The van der Waals surface area contributed by atoms with Gasteiger partial charge in [0.1, 0.15) is 33.6 Å². The minimum atomic E-state index is -4.93. The molecule has 6 aromatic rings. The molecule has 11 rings (SSSR count). The van der Waals surface area contributed by atoms with E-state index >= 15 is 4.39 Å². The number of hydrogen-bond acceptors (Lipinski definition) is 15. The molecular weight excluding hydrogens is 996 g/mol. The fourth-order valence-corrected chi connectivity index (χ4v) is 13.1. The number of carbonyl (C=O) groups excluding carboxylic acids is 1. The van der Waals surface area contributed by atoms with Crippen molar-refractivity contribution in [3.63, 3.8) is 0 Å². The van der Waals surface area contributed by atoms with E-state index in [0.717, 1.165) is 82.6 Å². The number of aromatic nitrogens is 2. The van der Waals surface area contributed by atoms with Crippen molar-refractivity contribution in [2.24, 2.45) is 11.3 Å². The van der Waals surface area contributed by atoms with Gasteiger partial charge in [0.15, 0.2) is 17.2 Å². The van der Waals surface area contributed by atoms with E-state index in [9.17, 15) is 23.3 Å². The van der Waals surface area contributed by atoms with Gasteiger partial charge in [-0.05, 0) is 103 Å². The van der Waals surface area contributed by atoms with E-state index in [1.54, 1.807) is 25.4 Å². The number of benzene rings is 4. The number of H-pyrrole nitrogens is 1. The van der Waals surface area contributed by atoms with Crippen LogP contribution in [0.4, 0.5) is 21.5 Å². The first-order chi connectivity index (χ1) is 36.7. The molecule has 0 bridgehead atoms. The van der Waals surface area contributed by atoms with Crippen LogP contribution in [0.3, 0.4) is 0 Å². The average molecular weight is 1060 g/mol. The third kappa shape index (κ3) is 10.3. The molecule has 1 spiro atoms. The normalized spacial score (nSPS) is 19.2. The first-order valence-corrected chi connectivity index (χ1v) is 27.6. The molecule has 4 aliphatic heterocycles. The number of ether oxygens (including phenoxy) is 5. The van der Waals surface area contributed by atoms with Gasteiger partial charge in [0, 0.05) is 94.8 Å². The van der Waals surface area contributed by atoms with Crippen LogP contribution in [0.5, 0.6) is 28.7 Å². The molecule has 400 valence electrons. The van der Waals surface area contributed by atoms with E-state index in [4.69, 9.17) is 23.7 Å². The molecule has 0 unspecified atom stereocenters. The van der Waals surface area contributed by atoms with Crippen molar-refractivity contribution in [3.8, 4) is 28.7 Å². The number of nitrogens with one attached hydrogen (secondary N) is 3. The predicted octanol–water partition coefficient (Wildman–Crippen LogP) is 9.53. The van der Waals surface area contributed by atoms with Crippen molar-refractivity contribution >= 4 is 44.0 Å². The van der Waals surface area contributed by atoms with E-state index in [-0.39, 0.29) is 51.7 Å². The number of fused-ring (bicyclic) bond motifs is 2. The summed E-state index contributed by atoms with van der Waals surface area (Å²) in [6, 6.07) is 24.6. The molecule has 20 heteroatoms. The molecule has 3 N–H and O–H groups in total. The Kier molecular flexibility index (Phi) is 14.3. The number of nitro groups is 1. The van der Waals surface area contributed by atoms with Crippen LogP contribution in [0, 0.1) is 27.3 Å². The molecule has 0 radical (unpaired) electrons. The standard InChI is InChI=1S/C56H63FN8O10S/c1-35(2)42-6-4-5-7-43(42)48-33-62(32-37-8-10-40(71-3)11-9-37)20-21-64(48)39-28-56(29-39)15-18-63(19-16-56)46-26-49(75-41-24-38-12-17-58-54(38)60-31-41)44(25-45(46)57)55(66)61-76(69,70)50-27-47(65(67)68)51(53-52(50)73-34-74-53)59-30-36-13-22-72-23-14-36/h4-12,17,24-27,31,35-36,39,48,59H,13-16,18-23,28-30,32-34H2,1-3H3,(H,58,60)(H,61,66)/t48-/m0/s1. The zero-order chi connectivity index (χ0) is 52.7. The predicted molar refractivity (Wildman–Crippen MR) is 284 cm³/mol. The van der Waals surface area contributed by atoms with E-state index < -0.39 is 49.6 Å². The van der Waals surface area contributed by atoms with Gasteiger partial charge in [0.2, 0.25) is 6.79 Å². The highest BCUT2D eigenvalue weighted by molar-refractivity contribution is 7.90. The number of halogens is 1. The topological polar surface area (TPSA) is 203 Å². The third-order valence-corrected chi connectivity index (χ3v) is 17.5. The maximum atomic E-state index is 16.7. The number of piperidine rings is 1. The van der Waals surface area contributed by atoms with Gasteiger partial charge in [-0.2, -0.15) is 0 Å². The Morgan fingerprint density at radius 3 is 2.49 bits per heavy atom. The third-order valence-electron chi connectivity index (χ3n) is 16.1. The van der Waals surface area contributed by atoms with Crippen molar-refractivity contribution in [2.45, 2.75) is 81.8 Å². The second-order valence-corrected chi connectivity index (χ2v) is 22.8. The van der Waals surface area contributed by atoms with Gasteiger partial charge >= 0.3 is 0 Å². The lowest BCUT2D eigenvalue weighted by atomic mass is 9.59. The number of sulfonamides is 1. The Balaban J connectivity index is 0.818. The highest BCUT2D eigenvalue weighted by atomic mass is 32.2. The smallest absolute Gasteiger partial charge is 0.297 e. The number of methoxy groups -OCH3 is 1. The summed E-state index contributed by atoms with van der Waals surface area (Å²) >= 11 is 0. The summed E-state index contributed by atoms with van der Waals surface area (Å²) in [6.45, 7) is 10.4. The highest BCUT2D eigenvalue weighted by Gasteiger charge is 2.50. The van der Waals surface area contributed by atoms with Crippen LogP contribution < -0.4 is 33.9 Å². The first-order valence-electron chi connectivity index (χ1n) is 26.1. The molecule has 6 heterocycles. The Labute approximate surface area is 441 Å². The molecule has 4 fully saturated rings. The molecule has 1 atom stereocenters. The van der Waals surface area contributed by atoms with Gasteiger partial charge in [0.25, 0.3) is 21.6 Å². The van der Waals surface area contributed by atoms with E-state index in [1.165, 1.54) is 29.0 Å². The highest BCUT2D eigenvalue weighted by Crippen LogP contribution is 2.54. The molecule has 1 amide bonds. The van der Waals surface area contributed by atoms with Crippen molar-refractivity contribution in [1.29, 1.82) is 0 Å². The number of nitrogens with zero attached hydrogens (tertiary/aromatic N) is 5. The molecule has 5 aliphatic rings. The Hall–Kier alpha value is -7.00. The van der Waals surface area contributed by atoms with Gasteiger partial charge < -0.3 is 38.9 Å². The van der Waals surface area contributed by atoms with Crippen LogP contribution in [-0.2, 0) is 21.3 Å². The number of amides is 1. The number of aromatic amines is 1. The van der Waals surface area contributed by atoms with Gasteiger partial charge in [-0.25, -0.2) is 22.5 Å². The number of anilines is 2. The SMILES string of the molecule is COc1ccc(CN2CCN(C3CC4(CCN(c5cc(Oc6cnc7[nH]ccc7c6)c(C(=O)NS(=O)(=O)c6cc([N+](=O)[O-])c(NCC7CCOCC7)c7c6OCO7)cc5F)CC4)C3)[C@H](c3ccccc3C(C)C)C2)cc1. The Morgan fingerprint density at radius 2 is 1.74 bits per heavy atom. The van der Waals surface area contributed by atoms with Crippen molar-refractivity contribution in [1.82, 2.24) is 24.5 Å². The molecule has 18 nitrogen and oxygen atoms in total. The monoisotopic (exact) mass is 1060 g/mol. The first kappa shape index (κ1) is 51.1. The molecule has 2 aromatic heterocycles. The zero-order valence-corrected chi connectivity index (χ0v) is 43.7. The molecule has 1 aliphatic carbocycles. The number of nitro benzene ring substituents is 1. The Morgan fingerprint density at radius 1 is 0.974 bits per heavy atom. The second kappa shape index (κ2) is 21.2.